The van der Waals surface area contributed by atoms with Crippen LogP contribution in [0, 0.1) is 0 Å². The Hall–Kier alpha value is -4.79. The molecule has 0 aliphatic carbocycles. The van der Waals surface area contributed by atoms with Gasteiger partial charge in [-0.05, 0) is 78.1 Å². The number of hydrogen-bond acceptors (Lipinski definition) is 7. The lowest BCUT2D eigenvalue weighted by Gasteiger charge is -2.26. The maximum absolute atomic E-state index is 13.2. The zero-order chi connectivity index (χ0) is 29.6. The van der Waals surface area contributed by atoms with Gasteiger partial charge in [-0.3, -0.25) is 14.9 Å². The fourth-order valence-corrected chi connectivity index (χ4v) is 4.15. The Morgan fingerprint density at radius 1 is 0.805 bits per heavy atom. The van der Waals surface area contributed by atoms with Crippen LogP contribution in [0.4, 0.5) is 10.5 Å². The van der Waals surface area contributed by atoms with Gasteiger partial charge in [-0.15, -0.1) is 0 Å². The lowest BCUT2D eigenvalue weighted by Crippen LogP contribution is -2.54. The second-order valence-electron chi connectivity index (χ2n) is 10.3. The fraction of sp³-hybridized carbons (Fsp3) is 0.281. The number of anilines is 1. The Balaban J connectivity index is 1.46. The predicted octanol–water partition coefficient (Wildman–Crippen LogP) is 5.52. The number of amides is 4. The number of hydrogen-bond donors (Lipinski definition) is 1. The average molecular weight is 559 g/mol. The van der Waals surface area contributed by atoms with Crippen molar-refractivity contribution >= 4 is 29.6 Å². The van der Waals surface area contributed by atoms with E-state index in [0.29, 0.717) is 41.7 Å². The molecule has 0 atom stereocenters. The van der Waals surface area contributed by atoms with E-state index in [9.17, 15) is 14.4 Å². The standard InChI is InChI=1S/C32H34N2O7/c1-6-39-28-20-21(7-16-27(28)41-18-17-40-25-12-8-22(9-13-25)32(2,3)4)19-26-29(35)33-31(37)34(30(26)36)23-10-14-24(38-5)15-11-23/h7-16,19-20H,6,17-18H2,1-5H3,(H,33,35,37). The first-order valence-corrected chi connectivity index (χ1v) is 13.3. The van der Waals surface area contributed by atoms with Gasteiger partial charge in [-0.2, -0.15) is 0 Å². The highest BCUT2D eigenvalue weighted by molar-refractivity contribution is 6.39. The zero-order valence-corrected chi connectivity index (χ0v) is 23.9. The number of carbonyl (C=O) groups excluding carboxylic acids is 3. The molecule has 0 bridgehead atoms. The molecule has 0 unspecified atom stereocenters. The number of imide groups is 2. The number of benzene rings is 3. The van der Waals surface area contributed by atoms with E-state index < -0.39 is 17.8 Å². The van der Waals surface area contributed by atoms with E-state index in [4.69, 9.17) is 18.9 Å². The van der Waals surface area contributed by atoms with Crippen LogP contribution in [0.3, 0.4) is 0 Å². The van der Waals surface area contributed by atoms with Crippen molar-refractivity contribution in [3.8, 4) is 23.0 Å². The molecule has 214 valence electrons. The van der Waals surface area contributed by atoms with Crippen LogP contribution in [0.2, 0.25) is 0 Å². The van der Waals surface area contributed by atoms with Crippen molar-refractivity contribution in [3.05, 3.63) is 83.4 Å². The van der Waals surface area contributed by atoms with Gasteiger partial charge in [0, 0.05) is 0 Å². The van der Waals surface area contributed by atoms with Gasteiger partial charge in [0.1, 0.15) is 30.3 Å². The summed E-state index contributed by atoms with van der Waals surface area (Å²) in [5.41, 5.74) is 1.93. The lowest BCUT2D eigenvalue weighted by atomic mass is 9.87. The van der Waals surface area contributed by atoms with Gasteiger partial charge in [0.05, 0.1) is 19.4 Å². The van der Waals surface area contributed by atoms with Crippen LogP contribution in [-0.2, 0) is 15.0 Å². The van der Waals surface area contributed by atoms with Gasteiger partial charge in [0.25, 0.3) is 11.8 Å². The SMILES string of the molecule is CCOc1cc(C=C2C(=O)NC(=O)N(c3ccc(OC)cc3)C2=O)ccc1OCCOc1ccc(C(C)(C)C)cc1. The molecule has 1 saturated heterocycles. The van der Waals surface area contributed by atoms with Gasteiger partial charge in [-0.25, -0.2) is 9.69 Å². The lowest BCUT2D eigenvalue weighted by molar-refractivity contribution is -0.122. The third-order valence-electron chi connectivity index (χ3n) is 6.34. The number of nitrogens with zero attached hydrogens (tertiary/aromatic N) is 1. The van der Waals surface area contributed by atoms with E-state index >= 15 is 0 Å². The van der Waals surface area contributed by atoms with E-state index in [1.165, 1.54) is 18.7 Å². The van der Waals surface area contributed by atoms with Crippen LogP contribution >= 0.6 is 0 Å². The van der Waals surface area contributed by atoms with Crippen molar-refractivity contribution in [1.29, 1.82) is 0 Å². The minimum atomic E-state index is -0.826. The van der Waals surface area contributed by atoms with Crippen molar-refractivity contribution in [2.24, 2.45) is 0 Å². The summed E-state index contributed by atoms with van der Waals surface area (Å²) < 4.78 is 22.6. The van der Waals surface area contributed by atoms with E-state index in [0.717, 1.165) is 10.6 Å². The molecule has 1 aliphatic heterocycles. The smallest absolute Gasteiger partial charge is 0.335 e. The maximum atomic E-state index is 13.2. The molecule has 0 radical (unpaired) electrons. The number of ether oxygens (including phenoxy) is 4. The van der Waals surface area contributed by atoms with Gasteiger partial charge >= 0.3 is 6.03 Å². The monoisotopic (exact) mass is 558 g/mol. The Morgan fingerprint density at radius 2 is 1.46 bits per heavy atom. The molecular formula is C32H34N2O7. The maximum Gasteiger partial charge on any atom is 0.335 e. The number of methoxy groups -OCH3 is 1. The summed E-state index contributed by atoms with van der Waals surface area (Å²) in [6.45, 7) is 9.32. The van der Waals surface area contributed by atoms with Crippen LogP contribution in [0.1, 0.15) is 38.8 Å². The number of rotatable bonds is 10. The molecule has 4 amide bonds. The van der Waals surface area contributed by atoms with Crippen LogP contribution in [-0.4, -0.2) is 44.8 Å². The summed E-state index contributed by atoms with van der Waals surface area (Å²) in [6.07, 6.45) is 1.41. The minimum absolute atomic E-state index is 0.0703. The number of urea groups is 1. The van der Waals surface area contributed by atoms with Gasteiger partial charge < -0.3 is 18.9 Å². The molecule has 1 fully saturated rings. The van der Waals surface area contributed by atoms with Crippen molar-refractivity contribution in [3.63, 3.8) is 0 Å². The number of nitrogens with one attached hydrogen (secondary N) is 1. The van der Waals surface area contributed by atoms with Gasteiger partial charge in [0.2, 0.25) is 0 Å². The second-order valence-corrected chi connectivity index (χ2v) is 10.3. The van der Waals surface area contributed by atoms with E-state index in [-0.39, 0.29) is 17.6 Å². The molecule has 41 heavy (non-hydrogen) atoms. The van der Waals surface area contributed by atoms with E-state index in [1.807, 2.05) is 19.1 Å². The van der Waals surface area contributed by atoms with Crippen LogP contribution < -0.4 is 29.2 Å². The first-order chi connectivity index (χ1) is 19.6. The molecule has 0 spiro atoms. The minimum Gasteiger partial charge on any atom is -0.497 e. The Kier molecular flexibility index (Phi) is 8.97. The van der Waals surface area contributed by atoms with E-state index in [2.05, 4.69) is 38.2 Å². The molecule has 0 saturated carbocycles. The Labute approximate surface area is 239 Å². The Morgan fingerprint density at radius 3 is 2.10 bits per heavy atom. The van der Waals surface area contributed by atoms with Crippen molar-refractivity contribution in [2.45, 2.75) is 33.1 Å². The van der Waals surface area contributed by atoms with Crippen molar-refractivity contribution in [1.82, 2.24) is 5.32 Å². The van der Waals surface area contributed by atoms with Crippen LogP contribution in [0.5, 0.6) is 23.0 Å². The van der Waals surface area contributed by atoms with E-state index in [1.54, 1.807) is 42.5 Å². The zero-order valence-electron chi connectivity index (χ0n) is 23.9. The molecule has 3 aromatic carbocycles. The van der Waals surface area contributed by atoms with Crippen LogP contribution in [0.15, 0.2) is 72.3 Å². The quantitative estimate of drug-likeness (QED) is 0.199. The summed E-state index contributed by atoms with van der Waals surface area (Å²) in [5, 5.41) is 2.22. The molecule has 1 N–H and O–H groups in total. The molecule has 9 heteroatoms. The molecule has 4 rings (SSSR count). The highest BCUT2D eigenvalue weighted by atomic mass is 16.5. The predicted molar refractivity (Wildman–Crippen MR) is 156 cm³/mol. The Bertz CT molecular complexity index is 1440. The summed E-state index contributed by atoms with van der Waals surface area (Å²) in [5.74, 6) is 0.743. The summed E-state index contributed by atoms with van der Waals surface area (Å²) in [6, 6.07) is 18.6. The molecular weight excluding hydrogens is 524 g/mol. The second kappa shape index (κ2) is 12.6. The summed E-state index contributed by atoms with van der Waals surface area (Å²) >= 11 is 0. The largest absolute Gasteiger partial charge is 0.497 e. The van der Waals surface area contributed by atoms with Crippen molar-refractivity contribution < 1.29 is 33.3 Å². The first kappa shape index (κ1) is 29.2. The van der Waals surface area contributed by atoms with Gasteiger partial charge in [0.15, 0.2) is 11.5 Å². The average Bonchev–Trinajstić information content (AvgIpc) is 2.94. The first-order valence-electron chi connectivity index (χ1n) is 13.3. The number of barbiturate groups is 1. The summed E-state index contributed by atoms with van der Waals surface area (Å²) in [4.78, 5) is 39.2. The molecule has 3 aromatic rings. The topological polar surface area (TPSA) is 103 Å². The third-order valence-corrected chi connectivity index (χ3v) is 6.34. The fourth-order valence-electron chi connectivity index (χ4n) is 4.15. The molecule has 1 heterocycles. The highest BCUT2D eigenvalue weighted by Gasteiger charge is 2.36. The molecule has 0 aromatic heterocycles. The third kappa shape index (κ3) is 7.05. The molecule has 1 aliphatic rings. The van der Waals surface area contributed by atoms with Crippen LogP contribution in [0.25, 0.3) is 6.08 Å². The highest BCUT2D eigenvalue weighted by Crippen LogP contribution is 2.31. The number of carbonyl (C=O) groups is 3. The summed E-state index contributed by atoms with van der Waals surface area (Å²) in [7, 11) is 1.51. The molecule has 9 nitrogen and oxygen atoms in total. The van der Waals surface area contributed by atoms with Gasteiger partial charge in [-0.1, -0.05) is 39.0 Å². The van der Waals surface area contributed by atoms with Crippen molar-refractivity contribution in [2.75, 3.05) is 31.8 Å². The normalized spacial score (nSPS) is 14.6.